The number of carbonyl (C=O) groups is 1. The highest BCUT2D eigenvalue weighted by Crippen LogP contribution is 2.30. The zero-order chi connectivity index (χ0) is 17.7. The molecule has 0 fully saturated rings. The van der Waals surface area contributed by atoms with E-state index in [1.807, 2.05) is 19.1 Å². The number of carbonyl (C=O) groups excluding carboxylic acids is 1. The Hall–Kier alpha value is -2.41. The number of aryl methyl sites for hydroxylation is 1. The van der Waals surface area contributed by atoms with Gasteiger partial charge in [-0.2, -0.15) is 0 Å². The molecular formula is C17H19BrN2O4. The lowest BCUT2D eigenvalue weighted by Gasteiger charge is -2.13. The zero-order valence-corrected chi connectivity index (χ0v) is 15.1. The van der Waals surface area contributed by atoms with E-state index in [4.69, 9.17) is 20.9 Å². The van der Waals surface area contributed by atoms with Crippen molar-refractivity contribution in [3.8, 4) is 11.5 Å². The molecular weight excluding hydrogens is 376 g/mol. The lowest BCUT2D eigenvalue weighted by Crippen LogP contribution is -2.11. The maximum Gasteiger partial charge on any atom is 0.339 e. The number of benzene rings is 2. The molecule has 0 bridgehead atoms. The summed E-state index contributed by atoms with van der Waals surface area (Å²) >= 11 is 3.30. The summed E-state index contributed by atoms with van der Waals surface area (Å²) in [4.78, 5) is 11.6. The highest BCUT2D eigenvalue weighted by Gasteiger charge is 2.14. The molecule has 0 amide bonds. The van der Waals surface area contributed by atoms with Crippen LogP contribution in [0.25, 0.3) is 0 Å². The molecule has 0 aliphatic rings. The third-order valence-electron chi connectivity index (χ3n) is 3.27. The number of hydrogen-bond donors (Lipinski definition) is 2. The quantitative estimate of drug-likeness (QED) is 0.443. The lowest BCUT2D eigenvalue weighted by molar-refractivity contribution is 0.0599. The number of nitrogen functional groups attached to an aromatic ring is 2. The summed E-state index contributed by atoms with van der Waals surface area (Å²) in [5.74, 6) is 0.600. The number of halogens is 1. The average Bonchev–Trinajstić information content (AvgIpc) is 2.56. The molecule has 4 N–H and O–H groups in total. The largest absolute Gasteiger partial charge is 0.488 e. The summed E-state index contributed by atoms with van der Waals surface area (Å²) in [6.07, 6.45) is 0. The average molecular weight is 395 g/mol. The summed E-state index contributed by atoms with van der Waals surface area (Å²) in [5.41, 5.74) is 14.1. The lowest BCUT2D eigenvalue weighted by atomic mass is 10.2. The zero-order valence-electron chi connectivity index (χ0n) is 13.5. The number of anilines is 2. The SMILES string of the molecule is COC(=O)c1cc(N)c(OCCOc2cc(C)ccc2N)cc1Br. The van der Waals surface area contributed by atoms with Crippen LogP contribution in [-0.2, 0) is 4.74 Å². The van der Waals surface area contributed by atoms with Crippen molar-refractivity contribution in [2.75, 3.05) is 31.8 Å². The number of rotatable bonds is 6. The molecule has 0 aliphatic heterocycles. The van der Waals surface area contributed by atoms with Gasteiger partial charge in [0.05, 0.1) is 24.0 Å². The maximum atomic E-state index is 11.6. The molecule has 2 rings (SSSR count). The van der Waals surface area contributed by atoms with Gasteiger partial charge in [0.15, 0.2) is 0 Å². The Bertz CT molecular complexity index is 750. The Labute approximate surface area is 148 Å². The normalized spacial score (nSPS) is 10.3. The van der Waals surface area contributed by atoms with Crippen molar-refractivity contribution >= 4 is 33.3 Å². The summed E-state index contributed by atoms with van der Waals surface area (Å²) in [6.45, 7) is 2.55. The minimum atomic E-state index is -0.474. The number of nitrogens with two attached hydrogens (primary N) is 2. The van der Waals surface area contributed by atoms with Crippen LogP contribution in [0.3, 0.4) is 0 Å². The summed E-state index contributed by atoms with van der Waals surface area (Å²) in [5, 5.41) is 0. The number of methoxy groups -OCH3 is 1. The van der Waals surface area contributed by atoms with E-state index >= 15 is 0 Å². The van der Waals surface area contributed by atoms with Crippen LogP contribution >= 0.6 is 15.9 Å². The highest BCUT2D eigenvalue weighted by atomic mass is 79.9. The Morgan fingerprint density at radius 3 is 2.29 bits per heavy atom. The third kappa shape index (κ3) is 4.32. The molecule has 2 aromatic rings. The van der Waals surface area contributed by atoms with Crippen LogP contribution in [-0.4, -0.2) is 26.3 Å². The molecule has 0 heterocycles. The van der Waals surface area contributed by atoms with Gasteiger partial charge in [-0.3, -0.25) is 0 Å². The van der Waals surface area contributed by atoms with Crippen LogP contribution in [0.2, 0.25) is 0 Å². The molecule has 0 radical (unpaired) electrons. The van der Waals surface area contributed by atoms with Gasteiger partial charge < -0.3 is 25.7 Å². The molecule has 24 heavy (non-hydrogen) atoms. The van der Waals surface area contributed by atoms with Crippen LogP contribution in [0, 0.1) is 6.92 Å². The Morgan fingerprint density at radius 2 is 1.67 bits per heavy atom. The van der Waals surface area contributed by atoms with E-state index in [1.165, 1.54) is 13.2 Å². The van der Waals surface area contributed by atoms with E-state index in [9.17, 15) is 4.79 Å². The van der Waals surface area contributed by atoms with Crippen LogP contribution in [0.5, 0.6) is 11.5 Å². The molecule has 6 nitrogen and oxygen atoms in total. The van der Waals surface area contributed by atoms with E-state index in [1.54, 1.807) is 12.1 Å². The predicted octanol–water partition coefficient (Wildman–Crippen LogP) is 3.17. The first kappa shape index (κ1) is 17.9. The monoisotopic (exact) mass is 394 g/mol. The van der Waals surface area contributed by atoms with Gasteiger partial charge in [0.25, 0.3) is 0 Å². The minimum absolute atomic E-state index is 0.279. The van der Waals surface area contributed by atoms with Gasteiger partial charge in [-0.05, 0) is 52.7 Å². The van der Waals surface area contributed by atoms with Gasteiger partial charge in [0.2, 0.25) is 0 Å². The van der Waals surface area contributed by atoms with Crippen molar-refractivity contribution in [3.63, 3.8) is 0 Å². The highest BCUT2D eigenvalue weighted by molar-refractivity contribution is 9.10. The number of ether oxygens (including phenoxy) is 3. The van der Waals surface area contributed by atoms with Gasteiger partial charge in [-0.25, -0.2) is 4.79 Å². The van der Waals surface area contributed by atoms with Gasteiger partial charge in [-0.1, -0.05) is 6.07 Å². The fourth-order valence-electron chi connectivity index (χ4n) is 2.03. The van der Waals surface area contributed by atoms with E-state index in [2.05, 4.69) is 20.7 Å². The van der Waals surface area contributed by atoms with Gasteiger partial charge in [0, 0.05) is 4.47 Å². The molecule has 0 atom stereocenters. The van der Waals surface area contributed by atoms with E-state index in [0.717, 1.165) is 5.56 Å². The Balaban J connectivity index is 1.96. The predicted molar refractivity (Wildman–Crippen MR) is 96.5 cm³/mol. The van der Waals surface area contributed by atoms with E-state index in [-0.39, 0.29) is 6.61 Å². The Kier molecular flexibility index (Phi) is 5.92. The molecule has 0 spiro atoms. The van der Waals surface area contributed by atoms with Gasteiger partial charge in [-0.15, -0.1) is 0 Å². The fraction of sp³-hybridized carbons (Fsp3) is 0.235. The van der Waals surface area contributed by atoms with Crippen LogP contribution < -0.4 is 20.9 Å². The number of hydrogen-bond acceptors (Lipinski definition) is 6. The molecule has 0 aromatic heterocycles. The molecule has 0 saturated carbocycles. The van der Waals surface area contributed by atoms with Gasteiger partial charge >= 0.3 is 5.97 Å². The third-order valence-corrected chi connectivity index (χ3v) is 3.93. The van der Waals surface area contributed by atoms with Crippen molar-refractivity contribution in [2.24, 2.45) is 0 Å². The molecule has 0 aliphatic carbocycles. The van der Waals surface area contributed by atoms with Crippen molar-refractivity contribution < 1.29 is 19.0 Å². The van der Waals surface area contributed by atoms with Crippen molar-refractivity contribution in [3.05, 3.63) is 45.9 Å². The molecule has 0 unspecified atom stereocenters. The molecule has 2 aromatic carbocycles. The summed E-state index contributed by atoms with van der Waals surface area (Å²) < 4.78 is 16.4. The van der Waals surface area contributed by atoms with E-state index < -0.39 is 5.97 Å². The van der Waals surface area contributed by atoms with Crippen LogP contribution in [0.15, 0.2) is 34.8 Å². The molecule has 128 valence electrons. The smallest absolute Gasteiger partial charge is 0.339 e. The maximum absolute atomic E-state index is 11.6. The van der Waals surface area contributed by atoms with Crippen LogP contribution in [0.4, 0.5) is 11.4 Å². The van der Waals surface area contributed by atoms with E-state index in [0.29, 0.717) is 39.5 Å². The molecule has 0 saturated heterocycles. The summed E-state index contributed by atoms with van der Waals surface area (Å²) in [7, 11) is 1.31. The number of esters is 1. The van der Waals surface area contributed by atoms with Crippen molar-refractivity contribution in [1.82, 2.24) is 0 Å². The first-order valence-electron chi connectivity index (χ1n) is 7.21. The van der Waals surface area contributed by atoms with Crippen LogP contribution in [0.1, 0.15) is 15.9 Å². The van der Waals surface area contributed by atoms with Gasteiger partial charge in [0.1, 0.15) is 24.7 Å². The molecule has 7 heteroatoms. The minimum Gasteiger partial charge on any atom is -0.488 e. The second kappa shape index (κ2) is 7.92. The summed E-state index contributed by atoms with van der Waals surface area (Å²) in [6, 6.07) is 8.71. The van der Waals surface area contributed by atoms with Crippen molar-refractivity contribution in [1.29, 1.82) is 0 Å². The second-order valence-corrected chi connectivity index (χ2v) is 5.95. The standard InChI is InChI=1S/C17H19BrN2O4/c1-10-3-4-13(19)15(7-10)23-5-6-24-16-9-12(18)11(8-14(16)20)17(21)22-2/h3-4,7-9H,5-6,19-20H2,1-2H3. The van der Waals surface area contributed by atoms with Crippen molar-refractivity contribution in [2.45, 2.75) is 6.92 Å². The first-order valence-corrected chi connectivity index (χ1v) is 8.00. The fourth-order valence-corrected chi connectivity index (χ4v) is 2.52. The topological polar surface area (TPSA) is 96.8 Å². The second-order valence-electron chi connectivity index (χ2n) is 5.10. The first-order chi connectivity index (χ1) is 11.4. The Morgan fingerprint density at radius 1 is 1.04 bits per heavy atom.